The molecule has 3 heterocycles. The van der Waals surface area contributed by atoms with E-state index >= 15 is 0 Å². The second kappa shape index (κ2) is 6.39. The summed E-state index contributed by atoms with van der Waals surface area (Å²) in [6, 6.07) is 16.3. The average molecular weight is 377 g/mol. The third-order valence-electron chi connectivity index (χ3n) is 6.41. The summed E-state index contributed by atoms with van der Waals surface area (Å²) >= 11 is 0. The fraction of sp³-hybridized carbons (Fsp3) is 0.409. The fourth-order valence-corrected chi connectivity index (χ4v) is 5.07. The number of nitrogens with one attached hydrogen (secondary N) is 1. The molecule has 144 valence electrons. The molecule has 1 aromatic heterocycles. The number of hydrogen-bond acceptors (Lipinski definition) is 5. The standard InChI is InChI=1S/C22H23N3O3/c26-21-19(24-15-9-13-5-1-2-6-14(13)10-15)18-11-27-22(28-18)20(21)25-12-23-16-7-3-4-8-17(16)25/h1-8,12,15,18-22,24,26H,9-11H2. The van der Waals surface area contributed by atoms with E-state index in [1.807, 2.05) is 28.8 Å². The summed E-state index contributed by atoms with van der Waals surface area (Å²) in [5.41, 5.74) is 4.68. The molecule has 5 unspecified atom stereocenters. The van der Waals surface area contributed by atoms with E-state index in [0.717, 1.165) is 23.9 Å². The quantitative estimate of drug-likeness (QED) is 0.729. The van der Waals surface area contributed by atoms with Gasteiger partial charge < -0.3 is 24.5 Å². The van der Waals surface area contributed by atoms with Crippen LogP contribution in [0.2, 0.25) is 0 Å². The maximum Gasteiger partial charge on any atom is 0.181 e. The molecule has 2 saturated heterocycles. The molecule has 1 aliphatic carbocycles. The van der Waals surface area contributed by atoms with Gasteiger partial charge in [-0.3, -0.25) is 0 Å². The summed E-state index contributed by atoms with van der Waals surface area (Å²) in [7, 11) is 0. The molecule has 2 aliphatic heterocycles. The van der Waals surface area contributed by atoms with Crippen LogP contribution in [0.25, 0.3) is 11.0 Å². The Morgan fingerprint density at radius 1 is 1.04 bits per heavy atom. The van der Waals surface area contributed by atoms with Gasteiger partial charge in [-0.05, 0) is 36.1 Å². The molecule has 0 radical (unpaired) electrons. The van der Waals surface area contributed by atoms with Crippen molar-refractivity contribution in [3.05, 3.63) is 66.0 Å². The van der Waals surface area contributed by atoms with Crippen LogP contribution in [0.1, 0.15) is 17.2 Å². The summed E-state index contributed by atoms with van der Waals surface area (Å²) in [6.07, 6.45) is 2.55. The zero-order valence-electron chi connectivity index (χ0n) is 15.4. The van der Waals surface area contributed by atoms with E-state index in [1.165, 1.54) is 11.1 Å². The maximum atomic E-state index is 11.3. The van der Waals surface area contributed by atoms with Gasteiger partial charge in [0.25, 0.3) is 0 Å². The first-order valence-electron chi connectivity index (χ1n) is 9.97. The largest absolute Gasteiger partial charge is 0.389 e. The molecule has 0 spiro atoms. The molecule has 28 heavy (non-hydrogen) atoms. The fourth-order valence-electron chi connectivity index (χ4n) is 5.07. The molecular formula is C22H23N3O3. The first-order chi connectivity index (χ1) is 13.8. The minimum atomic E-state index is -0.618. The predicted molar refractivity (Wildman–Crippen MR) is 104 cm³/mol. The van der Waals surface area contributed by atoms with E-state index in [2.05, 4.69) is 34.6 Å². The molecule has 0 amide bonds. The molecule has 3 aromatic rings. The molecule has 6 rings (SSSR count). The van der Waals surface area contributed by atoms with Gasteiger partial charge in [0.15, 0.2) is 6.29 Å². The summed E-state index contributed by atoms with van der Waals surface area (Å²) in [6.45, 7) is 0.502. The van der Waals surface area contributed by atoms with Gasteiger partial charge in [0.05, 0.1) is 36.1 Å². The lowest BCUT2D eigenvalue weighted by molar-refractivity contribution is -0.165. The van der Waals surface area contributed by atoms with Gasteiger partial charge in [0.1, 0.15) is 12.1 Å². The Kier molecular flexibility index (Phi) is 3.81. The van der Waals surface area contributed by atoms with Crippen molar-refractivity contribution in [1.82, 2.24) is 14.9 Å². The molecule has 2 bridgehead atoms. The van der Waals surface area contributed by atoms with Crippen LogP contribution in [-0.2, 0) is 22.3 Å². The maximum absolute atomic E-state index is 11.3. The first-order valence-corrected chi connectivity index (χ1v) is 9.97. The molecular weight excluding hydrogens is 354 g/mol. The zero-order valence-corrected chi connectivity index (χ0v) is 15.4. The highest BCUT2D eigenvalue weighted by Gasteiger charge is 2.51. The highest BCUT2D eigenvalue weighted by Crippen LogP contribution is 2.38. The minimum Gasteiger partial charge on any atom is -0.389 e. The number of hydrogen-bond donors (Lipinski definition) is 2. The van der Waals surface area contributed by atoms with E-state index in [-0.39, 0.29) is 18.2 Å². The molecule has 2 aromatic carbocycles. The second-order valence-electron chi connectivity index (χ2n) is 8.06. The van der Waals surface area contributed by atoms with Crippen LogP contribution in [-0.4, -0.2) is 51.8 Å². The number of benzene rings is 2. The van der Waals surface area contributed by atoms with Crippen molar-refractivity contribution in [3.63, 3.8) is 0 Å². The Hall–Kier alpha value is -2.25. The lowest BCUT2D eigenvalue weighted by atomic mass is 9.94. The third-order valence-corrected chi connectivity index (χ3v) is 6.41. The van der Waals surface area contributed by atoms with E-state index in [0.29, 0.717) is 12.6 Å². The van der Waals surface area contributed by atoms with Gasteiger partial charge >= 0.3 is 0 Å². The Morgan fingerprint density at radius 3 is 2.61 bits per heavy atom. The number of fused-ring (bicyclic) bond motifs is 4. The van der Waals surface area contributed by atoms with Crippen LogP contribution < -0.4 is 5.32 Å². The molecule has 6 heteroatoms. The number of ether oxygens (including phenoxy) is 2. The van der Waals surface area contributed by atoms with Gasteiger partial charge in [-0.2, -0.15) is 0 Å². The first kappa shape index (κ1) is 16.7. The predicted octanol–water partition coefficient (Wildman–Crippen LogP) is 1.82. The minimum absolute atomic E-state index is 0.130. The van der Waals surface area contributed by atoms with Crippen molar-refractivity contribution in [2.24, 2.45) is 0 Å². The van der Waals surface area contributed by atoms with E-state index in [1.54, 1.807) is 6.33 Å². The van der Waals surface area contributed by atoms with Crippen LogP contribution in [0.5, 0.6) is 0 Å². The van der Waals surface area contributed by atoms with Gasteiger partial charge in [0, 0.05) is 6.04 Å². The van der Waals surface area contributed by atoms with Gasteiger partial charge in [-0.15, -0.1) is 0 Å². The summed E-state index contributed by atoms with van der Waals surface area (Å²) in [5.74, 6) is 0. The van der Waals surface area contributed by atoms with Crippen LogP contribution in [0.15, 0.2) is 54.9 Å². The van der Waals surface area contributed by atoms with Crippen LogP contribution >= 0.6 is 0 Å². The Labute approximate surface area is 163 Å². The molecule has 2 N–H and O–H groups in total. The van der Waals surface area contributed by atoms with Crippen molar-refractivity contribution < 1.29 is 14.6 Å². The van der Waals surface area contributed by atoms with E-state index in [4.69, 9.17) is 9.47 Å². The molecule has 2 fully saturated rings. The Morgan fingerprint density at radius 2 is 1.79 bits per heavy atom. The lowest BCUT2D eigenvalue weighted by Gasteiger charge is -2.40. The average Bonchev–Trinajstić information content (AvgIpc) is 3.43. The third kappa shape index (κ3) is 2.53. The molecule has 0 saturated carbocycles. The van der Waals surface area contributed by atoms with Gasteiger partial charge in [-0.25, -0.2) is 4.98 Å². The number of nitrogens with zero attached hydrogens (tertiary/aromatic N) is 2. The van der Waals surface area contributed by atoms with Crippen molar-refractivity contribution >= 4 is 11.0 Å². The number of para-hydroxylation sites is 2. The van der Waals surface area contributed by atoms with Crippen LogP contribution in [0.4, 0.5) is 0 Å². The summed E-state index contributed by atoms with van der Waals surface area (Å²) in [5, 5.41) is 15.0. The van der Waals surface area contributed by atoms with Crippen LogP contribution in [0.3, 0.4) is 0 Å². The molecule has 5 atom stereocenters. The monoisotopic (exact) mass is 377 g/mol. The van der Waals surface area contributed by atoms with E-state index < -0.39 is 12.4 Å². The highest BCUT2D eigenvalue weighted by atomic mass is 16.7. The topological polar surface area (TPSA) is 68.5 Å². The molecule has 6 nitrogen and oxygen atoms in total. The van der Waals surface area contributed by atoms with Gasteiger partial charge in [-0.1, -0.05) is 36.4 Å². The smallest absolute Gasteiger partial charge is 0.181 e. The van der Waals surface area contributed by atoms with Gasteiger partial charge in [0.2, 0.25) is 0 Å². The van der Waals surface area contributed by atoms with Crippen molar-refractivity contribution in [3.8, 4) is 0 Å². The highest BCUT2D eigenvalue weighted by molar-refractivity contribution is 5.75. The number of imidazole rings is 1. The molecule has 3 aliphatic rings. The Bertz CT molecular complexity index is 994. The van der Waals surface area contributed by atoms with Crippen molar-refractivity contribution in [2.45, 2.75) is 49.5 Å². The van der Waals surface area contributed by atoms with Crippen molar-refractivity contribution in [2.75, 3.05) is 6.61 Å². The normalized spacial score (nSPS) is 32.1. The SMILES string of the molecule is OC1C(NC2Cc3ccccc3C2)C2COC(O2)C1n1cnc2ccccc21. The van der Waals surface area contributed by atoms with Crippen molar-refractivity contribution in [1.29, 1.82) is 0 Å². The lowest BCUT2D eigenvalue weighted by Crippen LogP contribution is -2.59. The van der Waals surface area contributed by atoms with Crippen LogP contribution in [0, 0.1) is 0 Å². The number of aromatic nitrogens is 2. The number of aliphatic hydroxyl groups excluding tert-OH is 1. The zero-order chi connectivity index (χ0) is 18.7. The van der Waals surface area contributed by atoms with E-state index in [9.17, 15) is 5.11 Å². The number of aliphatic hydroxyl groups is 1. The second-order valence-corrected chi connectivity index (χ2v) is 8.06. The summed E-state index contributed by atoms with van der Waals surface area (Å²) < 4.78 is 14.1. The summed E-state index contributed by atoms with van der Waals surface area (Å²) in [4.78, 5) is 4.49. The number of rotatable bonds is 3. The Balaban J connectivity index is 1.29.